The second kappa shape index (κ2) is 10.1. The van der Waals surface area contributed by atoms with Crippen LogP contribution in [0.5, 0.6) is 5.88 Å². The summed E-state index contributed by atoms with van der Waals surface area (Å²) in [5, 5.41) is 14.0. The molecule has 0 aliphatic heterocycles. The van der Waals surface area contributed by atoms with Crippen molar-refractivity contribution in [1.82, 2.24) is 19.9 Å². The second-order valence-electron chi connectivity index (χ2n) is 8.52. The second-order valence-corrected chi connectivity index (χ2v) is 9.52. The van der Waals surface area contributed by atoms with Crippen LogP contribution in [0, 0.1) is 5.92 Å². The lowest BCUT2D eigenvalue weighted by Gasteiger charge is -2.28. The third kappa shape index (κ3) is 5.25. The van der Waals surface area contributed by atoms with Crippen molar-refractivity contribution in [3.05, 3.63) is 40.7 Å². The lowest BCUT2D eigenvalue weighted by Crippen LogP contribution is -2.28. The van der Waals surface area contributed by atoms with E-state index >= 15 is 0 Å². The maximum Gasteiger partial charge on any atom is 0.264 e. The van der Waals surface area contributed by atoms with Crippen molar-refractivity contribution >= 4 is 33.3 Å². The maximum atomic E-state index is 13.5. The molecule has 1 aliphatic carbocycles. The third-order valence-electron chi connectivity index (χ3n) is 6.11. The molecule has 34 heavy (non-hydrogen) atoms. The number of amides is 1. The van der Waals surface area contributed by atoms with Gasteiger partial charge < -0.3 is 20.1 Å². The fourth-order valence-corrected chi connectivity index (χ4v) is 5.32. The monoisotopic (exact) mass is 491 g/mol. The topological polar surface area (TPSA) is 100 Å². The number of carbonyl (C=O) groups is 1. The van der Waals surface area contributed by atoms with Gasteiger partial charge in [-0.3, -0.25) is 4.79 Å². The van der Waals surface area contributed by atoms with Gasteiger partial charge in [0, 0.05) is 50.8 Å². The zero-order chi connectivity index (χ0) is 24.3. The van der Waals surface area contributed by atoms with Crippen molar-refractivity contribution in [2.45, 2.75) is 44.8 Å². The van der Waals surface area contributed by atoms with Crippen LogP contribution in [-0.2, 0) is 13.2 Å². The van der Waals surface area contributed by atoms with E-state index in [1.165, 1.54) is 24.8 Å². The number of hydrogen-bond acceptors (Lipinski definition) is 8. The van der Waals surface area contributed by atoms with Gasteiger partial charge in [0.25, 0.3) is 5.91 Å². The number of nitrogens with zero attached hydrogens (tertiary/aromatic N) is 4. The molecule has 1 amide bonds. The highest BCUT2D eigenvalue weighted by Crippen LogP contribution is 2.38. The molecular formula is C23H27F2N5O3S. The molecule has 182 valence electrons. The molecule has 8 nitrogen and oxygen atoms in total. The number of aliphatic hydroxyl groups excluding tert-OH is 1. The number of ether oxygens (including phenoxy) is 1. The van der Waals surface area contributed by atoms with E-state index in [0.717, 1.165) is 5.56 Å². The minimum absolute atomic E-state index is 0.104. The Balaban J connectivity index is 1.53. The van der Waals surface area contributed by atoms with E-state index in [0.29, 0.717) is 58.3 Å². The summed E-state index contributed by atoms with van der Waals surface area (Å²) in [6.45, 7) is 0.478. The Labute approximate surface area is 200 Å². The summed E-state index contributed by atoms with van der Waals surface area (Å²) in [5.74, 6) is -1.74. The Morgan fingerprint density at radius 3 is 2.79 bits per heavy atom. The van der Waals surface area contributed by atoms with Gasteiger partial charge in [0.15, 0.2) is 0 Å². The van der Waals surface area contributed by atoms with Gasteiger partial charge in [-0.25, -0.2) is 23.7 Å². The number of aromatic nitrogens is 3. The molecule has 1 saturated carbocycles. The summed E-state index contributed by atoms with van der Waals surface area (Å²) < 4.78 is 32.1. The summed E-state index contributed by atoms with van der Waals surface area (Å²) in [6.07, 6.45) is 3.70. The molecule has 0 unspecified atom stereocenters. The molecule has 4 rings (SSSR count). The number of nitrogens with one attached hydrogen (secondary N) is 1. The number of thiophene rings is 1. The molecule has 0 atom stereocenters. The minimum Gasteiger partial charge on any atom is -0.481 e. The molecule has 0 saturated heterocycles. The van der Waals surface area contributed by atoms with E-state index in [-0.39, 0.29) is 31.3 Å². The Morgan fingerprint density at radius 1 is 1.32 bits per heavy atom. The highest BCUT2D eigenvalue weighted by Gasteiger charge is 2.35. The van der Waals surface area contributed by atoms with Crippen LogP contribution in [0.2, 0.25) is 0 Å². The molecule has 0 bridgehead atoms. The molecule has 0 aromatic carbocycles. The number of fused-ring (bicyclic) bond motifs is 1. The number of rotatable bonds is 8. The van der Waals surface area contributed by atoms with Crippen molar-refractivity contribution in [1.29, 1.82) is 0 Å². The zero-order valence-corrected chi connectivity index (χ0v) is 19.9. The van der Waals surface area contributed by atoms with E-state index < -0.39 is 5.92 Å². The third-order valence-corrected chi connectivity index (χ3v) is 7.24. The molecule has 3 aromatic rings. The number of pyridine rings is 1. The van der Waals surface area contributed by atoms with Gasteiger partial charge in [-0.05, 0) is 30.4 Å². The number of aliphatic hydroxyl groups is 1. The van der Waals surface area contributed by atoms with E-state index in [2.05, 4.69) is 20.3 Å². The van der Waals surface area contributed by atoms with Crippen molar-refractivity contribution in [2.75, 3.05) is 26.0 Å². The van der Waals surface area contributed by atoms with E-state index in [1.807, 2.05) is 0 Å². The minimum atomic E-state index is -2.57. The quantitative estimate of drug-likeness (QED) is 0.489. The normalized spacial score (nSPS) is 15.9. The highest BCUT2D eigenvalue weighted by atomic mass is 32.1. The van der Waals surface area contributed by atoms with Crippen molar-refractivity contribution in [3.63, 3.8) is 0 Å². The first-order chi connectivity index (χ1) is 16.3. The molecule has 11 heteroatoms. The molecule has 2 N–H and O–H groups in total. The maximum absolute atomic E-state index is 13.5. The largest absolute Gasteiger partial charge is 0.481 e. The first-order valence-electron chi connectivity index (χ1n) is 11.0. The van der Waals surface area contributed by atoms with Crippen LogP contribution in [0.3, 0.4) is 0 Å². The molecule has 3 aromatic heterocycles. The van der Waals surface area contributed by atoms with Crippen LogP contribution in [0.15, 0.2) is 24.7 Å². The van der Waals surface area contributed by atoms with Gasteiger partial charge in [-0.2, -0.15) is 0 Å². The number of methoxy groups -OCH3 is 1. The SMILES string of the molecule is COc1cc(CN(C)C(=O)c2sc3ncnc(NCC4CCC(F)(F)CC4)c3c2CO)ccn1. The predicted octanol–water partition coefficient (Wildman–Crippen LogP) is 4.10. The van der Waals surface area contributed by atoms with E-state index in [9.17, 15) is 18.7 Å². The molecular weight excluding hydrogens is 464 g/mol. The Morgan fingerprint density at radius 2 is 2.09 bits per heavy atom. The number of halogens is 2. The van der Waals surface area contributed by atoms with Crippen molar-refractivity contribution in [3.8, 4) is 5.88 Å². The van der Waals surface area contributed by atoms with Crippen LogP contribution < -0.4 is 10.1 Å². The van der Waals surface area contributed by atoms with E-state index in [4.69, 9.17) is 4.74 Å². The van der Waals surface area contributed by atoms with Crippen LogP contribution in [0.4, 0.5) is 14.6 Å². The Bertz CT molecular complexity index is 1160. The predicted molar refractivity (Wildman–Crippen MR) is 125 cm³/mol. The van der Waals surface area contributed by atoms with Crippen LogP contribution in [0.1, 0.15) is 46.5 Å². The standard InChI is InChI=1S/C23H27F2N5O3S/c1-30(11-15-5-8-26-17(9-15)33-2)22(32)19-16(12-31)18-20(28-13-29-21(18)34-19)27-10-14-3-6-23(24,25)7-4-14/h5,8-9,13-14,31H,3-4,6-7,10-12H2,1-2H3,(H,27,28,29). The zero-order valence-electron chi connectivity index (χ0n) is 19.1. The van der Waals surface area contributed by atoms with Gasteiger partial charge >= 0.3 is 0 Å². The number of carbonyl (C=O) groups excluding carboxylic acids is 1. The summed E-state index contributed by atoms with van der Waals surface area (Å²) in [4.78, 5) is 28.5. The first kappa shape index (κ1) is 24.2. The van der Waals surface area contributed by atoms with Crippen LogP contribution in [0.25, 0.3) is 10.2 Å². The van der Waals surface area contributed by atoms with Crippen LogP contribution >= 0.6 is 11.3 Å². The summed E-state index contributed by atoms with van der Waals surface area (Å²) in [7, 11) is 3.21. The van der Waals surface area contributed by atoms with Crippen LogP contribution in [-0.4, -0.2) is 57.5 Å². The molecule has 0 spiro atoms. The smallest absolute Gasteiger partial charge is 0.264 e. The molecule has 1 fully saturated rings. The van der Waals surface area contributed by atoms with Crippen molar-refractivity contribution in [2.24, 2.45) is 5.92 Å². The molecule has 1 aliphatic rings. The number of alkyl halides is 2. The Hall–Kier alpha value is -2.92. The summed E-state index contributed by atoms with van der Waals surface area (Å²) >= 11 is 1.20. The fourth-order valence-electron chi connectivity index (χ4n) is 4.17. The molecule has 3 heterocycles. The number of hydrogen-bond donors (Lipinski definition) is 2. The average molecular weight is 492 g/mol. The Kier molecular flexibility index (Phi) is 7.22. The molecule has 0 radical (unpaired) electrons. The van der Waals surface area contributed by atoms with Gasteiger partial charge in [0.05, 0.1) is 19.1 Å². The van der Waals surface area contributed by atoms with Gasteiger partial charge in [-0.1, -0.05) is 0 Å². The number of anilines is 1. The fraction of sp³-hybridized carbons (Fsp3) is 0.478. The van der Waals surface area contributed by atoms with Gasteiger partial charge in [-0.15, -0.1) is 11.3 Å². The summed E-state index contributed by atoms with van der Waals surface area (Å²) in [5.41, 5.74) is 1.32. The first-order valence-corrected chi connectivity index (χ1v) is 11.9. The van der Waals surface area contributed by atoms with Crippen molar-refractivity contribution < 1.29 is 23.4 Å². The average Bonchev–Trinajstić information content (AvgIpc) is 3.22. The van der Waals surface area contributed by atoms with Gasteiger partial charge in [0.2, 0.25) is 11.8 Å². The highest BCUT2D eigenvalue weighted by molar-refractivity contribution is 7.20. The van der Waals surface area contributed by atoms with Gasteiger partial charge in [0.1, 0.15) is 21.9 Å². The lowest BCUT2D eigenvalue weighted by atomic mass is 9.87. The van der Waals surface area contributed by atoms with E-state index in [1.54, 1.807) is 30.3 Å². The lowest BCUT2D eigenvalue weighted by molar-refractivity contribution is -0.0443. The summed E-state index contributed by atoms with van der Waals surface area (Å²) in [6, 6.07) is 3.56.